The maximum absolute atomic E-state index is 11.9. The van der Waals surface area contributed by atoms with Crippen molar-refractivity contribution in [3.63, 3.8) is 0 Å². The SMILES string of the molecule is CCN(CC)C(CNC(=O)C1(N)CC1)CC(C)C.Cl.Cl. The first-order chi connectivity index (χ1) is 8.42. The molecule has 1 saturated carbocycles. The van der Waals surface area contributed by atoms with Crippen molar-refractivity contribution in [1.29, 1.82) is 0 Å². The van der Waals surface area contributed by atoms with E-state index in [-0.39, 0.29) is 30.7 Å². The van der Waals surface area contributed by atoms with Crippen LogP contribution in [-0.4, -0.2) is 42.0 Å². The largest absolute Gasteiger partial charge is 0.353 e. The fourth-order valence-corrected chi connectivity index (χ4v) is 2.39. The normalized spacial score (nSPS) is 17.1. The highest BCUT2D eigenvalue weighted by Crippen LogP contribution is 2.32. The lowest BCUT2D eigenvalue weighted by Crippen LogP contribution is -2.49. The van der Waals surface area contributed by atoms with E-state index in [1.807, 2.05) is 0 Å². The predicted molar refractivity (Wildman–Crippen MR) is 89.8 cm³/mol. The second kappa shape index (κ2) is 9.82. The van der Waals surface area contributed by atoms with Gasteiger partial charge in [-0.15, -0.1) is 24.8 Å². The van der Waals surface area contributed by atoms with Gasteiger partial charge in [0.15, 0.2) is 0 Å². The molecule has 0 heterocycles. The van der Waals surface area contributed by atoms with E-state index in [9.17, 15) is 4.79 Å². The van der Waals surface area contributed by atoms with Crippen LogP contribution in [0.25, 0.3) is 0 Å². The van der Waals surface area contributed by atoms with Crippen LogP contribution in [-0.2, 0) is 4.79 Å². The molecule has 0 aromatic carbocycles. The van der Waals surface area contributed by atoms with Gasteiger partial charge >= 0.3 is 0 Å². The number of hydrogen-bond acceptors (Lipinski definition) is 3. The molecule has 0 saturated heterocycles. The van der Waals surface area contributed by atoms with Crippen LogP contribution in [0.3, 0.4) is 0 Å². The molecule has 4 nitrogen and oxygen atoms in total. The molecule has 0 aliphatic heterocycles. The number of nitrogens with zero attached hydrogens (tertiary/aromatic N) is 1. The van der Waals surface area contributed by atoms with Gasteiger partial charge < -0.3 is 11.1 Å². The second-order valence-corrected chi connectivity index (χ2v) is 5.87. The van der Waals surface area contributed by atoms with Gasteiger partial charge in [0.1, 0.15) is 0 Å². The van der Waals surface area contributed by atoms with E-state index in [4.69, 9.17) is 5.73 Å². The molecule has 1 amide bonds. The van der Waals surface area contributed by atoms with E-state index >= 15 is 0 Å². The van der Waals surface area contributed by atoms with Crippen LogP contribution in [0.2, 0.25) is 0 Å². The Morgan fingerprint density at radius 2 is 1.75 bits per heavy atom. The first-order valence-corrected chi connectivity index (χ1v) is 7.24. The highest BCUT2D eigenvalue weighted by molar-refractivity contribution is 5.88. The molecule has 0 aromatic rings. The summed E-state index contributed by atoms with van der Waals surface area (Å²) in [5.74, 6) is 0.670. The average Bonchev–Trinajstić information content (AvgIpc) is 3.05. The van der Waals surface area contributed by atoms with Crippen LogP contribution in [0.5, 0.6) is 0 Å². The lowest BCUT2D eigenvalue weighted by atomic mass is 10.0. The molecule has 6 heteroatoms. The van der Waals surface area contributed by atoms with Crippen molar-refractivity contribution >= 4 is 30.7 Å². The molecule has 1 aliphatic carbocycles. The minimum absolute atomic E-state index is 0. The van der Waals surface area contributed by atoms with Crippen LogP contribution >= 0.6 is 24.8 Å². The standard InChI is InChI=1S/C14H29N3O.2ClH/c1-5-17(6-2)12(9-11(3)4)10-16-13(18)14(15)7-8-14;;/h11-12H,5-10,15H2,1-4H3,(H,16,18);2*1H. The summed E-state index contributed by atoms with van der Waals surface area (Å²) in [4.78, 5) is 14.3. The molecule has 1 rings (SSSR count). The Labute approximate surface area is 136 Å². The summed E-state index contributed by atoms with van der Waals surface area (Å²) in [6, 6.07) is 0.422. The number of rotatable bonds is 8. The minimum Gasteiger partial charge on any atom is -0.353 e. The lowest BCUT2D eigenvalue weighted by Gasteiger charge is -2.31. The van der Waals surface area contributed by atoms with Gasteiger partial charge in [-0.25, -0.2) is 0 Å². The molecule has 1 fully saturated rings. The average molecular weight is 328 g/mol. The van der Waals surface area contributed by atoms with Gasteiger partial charge in [-0.1, -0.05) is 27.7 Å². The Kier molecular flexibility index (Phi) is 10.9. The van der Waals surface area contributed by atoms with Crippen LogP contribution in [0.1, 0.15) is 47.0 Å². The Bertz CT molecular complexity index is 280. The van der Waals surface area contributed by atoms with E-state index in [0.717, 1.165) is 38.9 Å². The Morgan fingerprint density at radius 1 is 1.25 bits per heavy atom. The highest BCUT2D eigenvalue weighted by Gasteiger charge is 2.45. The number of carbonyl (C=O) groups excluding carboxylic acids is 1. The van der Waals surface area contributed by atoms with Gasteiger partial charge in [-0.2, -0.15) is 0 Å². The smallest absolute Gasteiger partial charge is 0.240 e. The van der Waals surface area contributed by atoms with Crippen LogP contribution < -0.4 is 11.1 Å². The van der Waals surface area contributed by atoms with Crippen molar-refractivity contribution in [1.82, 2.24) is 10.2 Å². The van der Waals surface area contributed by atoms with Gasteiger partial charge in [0.2, 0.25) is 5.91 Å². The fraction of sp³-hybridized carbons (Fsp3) is 0.929. The topological polar surface area (TPSA) is 58.4 Å². The summed E-state index contributed by atoms with van der Waals surface area (Å²) in [6.07, 6.45) is 2.78. The number of nitrogens with one attached hydrogen (secondary N) is 1. The summed E-state index contributed by atoms with van der Waals surface area (Å²) in [7, 11) is 0. The first kappa shape index (κ1) is 22.3. The van der Waals surface area contributed by atoms with Crippen molar-refractivity contribution < 1.29 is 4.79 Å². The molecule has 0 aromatic heterocycles. The molecule has 1 atom stereocenters. The summed E-state index contributed by atoms with van der Waals surface area (Å²) < 4.78 is 0. The third-order valence-corrected chi connectivity index (χ3v) is 3.81. The van der Waals surface area contributed by atoms with E-state index in [2.05, 4.69) is 37.9 Å². The molecule has 1 unspecified atom stereocenters. The molecule has 1 aliphatic rings. The fourth-order valence-electron chi connectivity index (χ4n) is 2.39. The monoisotopic (exact) mass is 327 g/mol. The zero-order valence-corrected chi connectivity index (χ0v) is 14.8. The molecule has 3 N–H and O–H groups in total. The first-order valence-electron chi connectivity index (χ1n) is 7.24. The van der Waals surface area contributed by atoms with Crippen molar-refractivity contribution in [3.8, 4) is 0 Å². The predicted octanol–water partition coefficient (Wildman–Crippen LogP) is 2.19. The highest BCUT2D eigenvalue weighted by atomic mass is 35.5. The molecular formula is C14H31Cl2N3O. The molecule has 0 radical (unpaired) electrons. The Balaban J connectivity index is 0. The zero-order valence-electron chi connectivity index (χ0n) is 13.1. The van der Waals surface area contributed by atoms with Crippen molar-refractivity contribution in [3.05, 3.63) is 0 Å². The number of carbonyl (C=O) groups is 1. The zero-order chi connectivity index (χ0) is 13.8. The van der Waals surface area contributed by atoms with E-state index in [1.165, 1.54) is 0 Å². The third kappa shape index (κ3) is 6.61. The van der Waals surface area contributed by atoms with Crippen molar-refractivity contribution in [2.75, 3.05) is 19.6 Å². The van der Waals surface area contributed by atoms with E-state index < -0.39 is 5.54 Å². The van der Waals surface area contributed by atoms with Gasteiger partial charge in [0, 0.05) is 12.6 Å². The summed E-state index contributed by atoms with van der Waals surface area (Å²) in [5, 5.41) is 3.03. The third-order valence-electron chi connectivity index (χ3n) is 3.81. The Morgan fingerprint density at radius 3 is 2.10 bits per heavy atom. The number of halogens is 2. The number of nitrogens with two attached hydrogens (primary N) is 1. The van der Waals surface area contributed by atoms with Gasteiger partial charge in [-0.3, -0.25) is 9.69 Å². The number of hydrogen-bond donors (Lipinski definition) is 2. The second-order valence-electron chi connectivity index (χ2n) is 5.87. The molecular weight excluding hydrogens is 297 g/mol. The van der Waals surface area contributed by atoms with Gasteiger partial charge in [-0.05, 0) is 38.3 Å². The van der Waals surface area contributed by atoms with Crippen molar-refractivity contribution in [2.24, 2.45) is 11.7 Å². The van der Waals surface area contributed by atoms with Gasteiger partial charge in [0.25, 0.3) is 0 Å². The number of likely N-dealkylation sites (N-methyl/N-ethyl adjacent to an activating group) is 1. The maximum Gasteiger partial charge on any atom is 0.240 e. The summed E-state index contributed by atoms with van der Waals surface area (Å²) in [6.45, 7) is 11.6. The lowest BCUT2D eigenvalue weighted by molar-refractivity contribution is -0.123. The van der Waals surface area contributed by atoms with E-state index in [1.54, 1.807) is 0 Å². The minimum atomic E-state index is -0.550. The molecule has 0 spiro atoms. The molecule has 122 valence electrons. The van der Waals surface area contributed by atoms with Gasteiger partial charge in [0.05, 0.1) is 5.54 Å². The summed E-state index contributed by atoms with van der Waals surface area (Å²) >= 11 is 0. The summed E-state index contributed by atoms with van der Waals surface area (Å²) in [5.41, 5.74) is 5.34. The Hall–Kier alpha value is -0.0300. The molecule has 0 bridgehead atoms. The number of amides is 1. The van der Waals surface area contributed by atoms with Crippen LogP contribution in [0, 0.1) is 5.92 Å². The molecule has 20 heavy (non-hydrogen) atoms. The maximum atomic E-state index is 11.9. The quantitative estimate of drug-likeness (QED) is 0.718. The van der Waals surface area contributed by atoms with Crippen LogP contribution in [0.15, 0.2) is 0 Å². The van der Waals surface area contributed by atoms with E-state index in [0.29, 0.717) is 12.0 Å². The van der Waals surface area contributed by atoms with Crippen molar-refractivity contribution in [2.45, 2.75) is 58.5 Å². The van der Waals surface area contributed by atoms with Crippen LogP contribution in [0.4, 0.5) is 0 Å².